The van der Waals surface area contributed by atoms with Crippen LogP contribution in [0.1, 0.15) is 18.4 Å². The number of hydrogen-bond donors (Lipinski definition) is 1. The fraction of sp³-hybridized carbons (Fsp3) is 0.308. The Morgan fingerprint density at radius 2 is 2.05 bits per heavy atom. The van der Waals surface area contributed by atoms with E-state index in [1.165, 1.54) is 11.3 Å². The second-order valence-electron chi connectivity index (χ2n) is 4.61. The third-order valence-corrected chi connectivity index (χ3v) is 5.52. The molecule has 1 N–H and O–H groups in total. The highest BCUT2D eigenvalue weighted by Crippen LogP contribution is 2.27. The molecule has 1 saturated carbocycles. The Balaban J connectivity index is 1.58. The van der Waals surface area contributed by atoms with Gasteiger partial charge in [0, 0.05) is 18.1 Å². The third-order valence-electron chi connectivity index (χ3n) is 2.98. The summed E-state index contributed by atoms with van der Waals surface area (Å²) in [6, 6.07) is 7.31. The highest BCUT2D eigenvalue weighted by Gasteiger charge is 2.35. The number of sulfonamides is 1. The Labute approximate surface area is 121 Å². The van der Waals surface area contributed by atoms with E-state index in [0.29, 0.717) is 17.5 Å². The Kier molecular flexibility index (Phi) is 3.73. The van der Waals surface area contributed by atoms with Crippen LogP contribution in [-0.4, -0.2) is 18.7 Å². The number of ether oxygens (including phenoxy) is 1. The Morgan fingerprint density at radius 1 is 1.30 bits per heavy atom. The molecule has 0 unspecified atom stereocenters. The highest BCUT2D eigenvalue weighted by molar-refractivity contribution is 7.90. The zero-order valence-corrected chi connectivity index (χ0v) is 12.3. The lowest BCUT2D eigenvalue weighted by atomic mass is 10.2. The van der Waals surface area contributed by atoms with Gasteiger partial charge in [-0.05, 0) is 30.5 Å². The lowest BCUT2D eigenvalue weighted by molar-refractivity contribution is 0.478. The molecule has 0 atom stereocenters. The van der Waals surface area contributed by atoms with Crippen molar-refractivity contribution in [2.45, 2.75) is 24.6 Å². The van der Waals surface area contributed by atoms with Crippen LogP contribution in [0.4, 0.5) is 0 Å². The minimum Gasteiger partial charge on any atom is -0.431 e. The number of benzene rings is 1. The summed E-state index contributed by atoms with van der Waals surface area (Å²) in [6.45, 7) is 0.316. The molecule has 0 amide bonds. The quantitative estimate of drug-likeness (QED) is 0.890. The van der Waals surface area contributed by atoms with Gasteiger partial charge in [-0.3, -0.25) is 0 Å². The van der Waals surface area contributed by atoms with Gasteiger partial charge >= 0.3 is 0 Å². The van der Waals surface area contributed by atoms with E-state index in [2.05, 4.69) is 9.71 Å². The second kappa shape index (κ2) is 5.51. The lowest BCUT2D eigenvalue weighted by Crippen LogP contribution is -2.26. The first-order valence-electron chi connectivity index (χ1n) is 6.28. The van der Waals surface area contributed by atoms with Gasteiger partial charge in [0.1, 0.15) is 5.75 Å². The minimum absolute atomic E-state index is 0.185. The molecule has 3 rings (SSSR count). The molecule has 1 fully saturated rings. The van der Waals surface area contributed by atoms with E-state index in [9.17, 15) is 8.42 Å². The van der Waals surface area contributed by atoms with Gasteiger partial charge in [0.15, 0.2) is 0 Å². The van der Waals surface area contributed by atoms with Crippen LogP contribution >= 0.6 is 11.3 Å². The molecule has 0 saturated heterocycles. The zero-order valence-electron chi connectivity index (χ0n) is 10.7. The summed E-state index contributed by atoms with van der Waals surface area (Å²) in [5.74, 6) is 0.689. The van der Waals surface area contributed by atoms with Gasteiger partial charge in [-0.15, -0.1) is 0 Å². The predicted molar refractivity (Wildman–Crippen MR) is 77.4 cm³/mol. The van der Waals surface area contributed by atoms with Gasteiger partial charge in [-0.2, -0.15) is 0 Å². The Bertz CT molecular complexity index is 662. The van der Waals surface area contributed by atoms with E-state index in [-0.39, 0.29) is 5.25 Å². The maximum atomic E-state index is 11.7. The SMILES string of the molecule is O=S(=O)(NCc1ccc(Oc2nccs2)cc1)C1CC1. The van der Waals surface area contributed by atoms with E-state index >= 15 is 0 Å². The molecule has 1 aromatic heterocycles. The number of hydrogen-bond acceptors (Lipinski definition) is 5. The largest absolute Gasteiger partial charge is 0.431 e. The van der Waals surface area contributed by atoms with Crippen LogP contribution in [0.3, 0.4) is 0 Å². The summed E-state index contributed by atoms with van der Waals surface area (Å²) in [5, 5.41) is 2.25. The van der Waals surface area contributed by atoms with E-state index in [4.69, 9.17) is 4.74 Å². The van der Waals surface area contributed by atoms with Crippen LogP contribution in [0.5, 0.6) is 10.9 Å². The number of thiazole rings is 1. The van der Waals surface area contributed by atoms with Crippen molar-refractivity contribution >= 4 is 21.4 Å². The van der Waals surface area contributed by atoms with Crippen LogP contribution < -0.4 is 9.46 Å². The molecular weight excluding hydrogens is 296 g/mol. The van der Waals surface area contributed by atoms with Crippen LogP contribution in [0.15, 0.2) is 35.8 Å². The fourth-order valence-electron chi connectivity index (χ4n) is 1.72. The van der Waals surface area contributed by atoms with Gasteiger partial charge in [-0.1, -0.05) is 23.5 Å². The Hall–Kier alpha value is -1.44. The molecule has 0 bridgehead atoms. The molecular formula is C13H14N2O3S2. The summed E-state index contributed by atoms with van der Waals surface area (Å²) >= 11 is 1.42. The van der Waals surface area contributed by atoms with Crippen LogP contribution in [0, 0.1) is 0 Å². The first-order valence-corrected chi connectivity index (χ1v) is 8.71. The summed E-state index contributed by atoms with van der Waals surface area (Å²) < 4.78 is 31.6. The normalized spacial score (nSPS) is 15.2. The molecule has 1 aliphatic rings. The molecule has 5 nitrogen and oxygen atoms in total. The summed E-state index contributed by atoms with van der Waals surface area (Å²) in [5.41, 5.74) is 0.903. The van der Waals surface area contributed by atoms with Gasteiger partial charge in [0.2, 0.25) is 10.0 Å². The number of nitrogens with one attached hydrogen (secondary N) is 1. The summed E-state index contributed by atoms with van der Waals surface area (Å²) in [7, 11) is -3.13. The van der Waals surface area contributed by atoms with Gasteiger partial charge in [0.25, 0.3) is 5.19 Å². The molecule has 1 heterocycles. The molecule has 1 aromatic carbocycles. The summed E-state index contributed by atoms with van der Waals surface area (Å²) in [6.07, 6.45) is 3.23. The maximum absolute atomic E-state index is 11.7. The fourth-order valence-corrected chi connectivity index (χ4v) is 3.58. The van der Waals surface area contributed by atoms with E-state index in [1.807, 2.05) is 29.6 Å². The van der Waals surface area contributed by atoms with Crippen molar-refractivity contribution in [3.63, 3.8) is 0 Å². The Morgan fingerprint density at radius 3 is 2.65 bits per heavy atom. The number of aromatic nitrogens is 1. The zero-order chi connectivity index (χ0) is 14.0. The van der Waals surface area contributed by atoms with Crippen LogP contribution in [0.25, 0.3) is 0 Å². The third kappa shape index (κ3) is 3.36. The molecule has 0 spiro atoms. The summed E-state index contributed by atoms with van der Waals surface area (Å²) in [4.78, 5) is 4.03. The van der Waals surface area contributed by atoms with Gasteiger partial charge < -0.3 is 4.74 Å². The minimum atomic E-state index is -3.13. The number of rotatable bonds is 6. The average molecular weight is 310 g/mol. The van der Waals surface area contributed by atoms with Crippen molar-refractivity contribution in [3.05, 3.63) is 41.4 Å². The first kappa shape index (κ1) is 13.5. The highest BCUT2D eigenvalue weighted by atomic mass is 32.2. The van der Waals surface area contributed by atoms with E-state index in [0.717, 1.165) is 18.4 Å². The maximum Gasteiger partial charge on any atom is 0.278 e. The van der Waals surface area contributed by atoms with E-state index in [1.54, 1.807) is 6.20 Å². The van der Waals surface area contributed by atoms with Gasteiger partial charge in [-0.25, -0.2) is 18.1 Å². The molecule has 1 aliphatic carbocycles. The van der Waals surface area contributed by atoms with Crippen molar-refractivity contribution in [1.82, 2.24) is 9.71 Å². The molecule has 7 heteroatoms. The predicted octanol–water partition coefficient (Wildman–Crippen LogP) is 2.52. The topological polar surface area (TPSA) is 68.3 Å². The standard InChI is InChI=1S/C13H14N2O3S2/c16-20(17,12-5-6-12)15-9-10-1-3-11(4-2-10)18-13-14-7-8-19-13/h1-4,7-8,12,15H,5-6,9H2. The molecule has 20 heavy (non-hydrogen) atoms. The molecule has 0 aliphatic heterocycles. The average Bonchev–Trinajstić information content (AvgIpc) is 3.19. The second-order valence-corrected chi connectivity index (χ2v) is 7.51. The first-order chi connectivity index (χ1) is 9.63. The van der Waals surface area contributed by atoms with Crippen LogP contribution in [0.2, 0.25) is 0 Å². The van der Waals surface area contributed by atoms with Gasteiger partial charge in [0.05, 0.1) is 5.25 Å². The molecule has 106 valence electrons. The van der Waals surface area contributed by atoms with Crippen molar-refractivity contribution < 1.29 is 13.2 Å². The van der Waals surface area contributed by atoms with Crippen molar-refractivity contribution in [2.75, 3.05) is 0 Å². The van der Waals surface area contributed by atoms with Crippen molar-refractivity contribution in [2.24, 2.45) is 0 Å². The van der Waals surface area contributed by atoms with Crippen molar-refractivity contribution in [3.8, 4) is 10.9 Å². The smallest absolute Gasteiger partial charge is 0.278 e. The lowest BCUT2D eigenvalue weighted by Gasteiger charge is -2.06. The number of nitrogens with zero attached hydrogens (tertiary/aromatic N) is 1. The monoisotopic (exact) mass is 310 g/mol. The van der Waals surface area contributed by atoms with Crippen LogP contribution in [-0.2, 0) is 16.6 Å². The molecule has 2 aromatic rings. The van der Waals surface area contributed by atoms with E-state index < -0.39 is 10.0 Å². The molecule has 0 radical (unpaired) electrons. The van der Waals surface area contributed by atoms with Crippen molar-refractivity contribution in [1.29, 1.82) is 0 Å².